The number of hydrogen-bond donors (Lipinski definition) is 0. The Balaban J connectivity index is 2.67. The smallest absolute Gasteiger partial charge is 0.0721 e. The Morgan fingerprint density at radius 2 is 2.56 bits per heavy atom. The van der Waals surface area contributed by atoms with Gasteiger partial charge in [0.2, 0.25) is 0 Å². The van der Waals surface area contributed by atoms with E-state index in [1.54, 1.807) is 17.4 Å². The molecule has 0 aliphatic rings. The van der Waals surface area contributed by atoms with Crippen molar-refractivity contribution in [2.75, 3.05) is 0 Å². The molecule has 1 aromatic heterocycles. The fraction of sp³-hybridized carbons (Fsp3) is 0. The molecule has 0 aromatic carbocycles. The van der Waals surface area contributed by atoms with E-state index in [2.05, 4.69) is 5.18 Å². The van der Waals surface area contributed by atoms with E-state index in [4.69, 9.17) is 0 Å². The van der Waals surface area contributed by atoms with Crippen LogP contribution in [0.5, 0.6) is 0 Å². The molecule has 1 rings (SSSR count). The second-order valence-electron chi connectivity index (χ2n) is 1.48. The van der Waals surface area contributed by atoms with Gasteiger partial charge in [0.25, 0.3) is 0 Å². The summed E-state index contributed by atoms with van der Waals surface area (Å²) in [4.78, 5) is 9.57. The first-order valence-corrected chi connectivity index (χ1v) is 3.39. The van der Waals surface area contributed by atoms with Gasteiger partial charge in [-0.15, -0.1) is 4.91 Å². The molecule has 46 valence electrons. The Morgan fingerprint density at radius 1 is 1.67 bits per heavy atom. The van der Waals surface area contributed by atoms with Crippen molar-refractivity contribution in [3.63, 3.8) is 0 Å². The minimum atomic E-state index is 1.03. The monoisotopic (exact) mass is 139 g/mol. The normalized spacial score (nSPS) is 10.2. The molecule has 0 spiro atoms. The first kappa shape index (κ1) is 6.16. The number of hydrogen-bond acceptors (Lipinski definition) is 3. The van der Waals surface area contributed by atoms with E-state index in [-0.39, 0.29) is 0 Å². The molecule has 0 bridgehead atoms. The van der Waals surface area contributed by atoms with Crippen LogP contribution in [0.15, 0.2) is 28.2 Å². The molecule has 0 saturated heterocycles. The summed E-state index contributed by atoms with van der Waals surface area (Å²) < 4.78 is 0. The molecule has 0 aliphatic carbocycles. The highest BCUT2D eigenvalue weighted by Gasteiger charge is 1.81. The van der Waals surface area contributed by atoms with Crippen molar-refractivity contribution in [2.45, 2.75) is 0 Å². The Labute approximate surface area is 56.8 Å². The van der Waals surface area contributed by atoms with Crippen molar-refractivity contribution in [1.82, 2.24) is 0 Å². The molecule has 0 aliphatic heterocycles. The average Bonchev–Trinajstić information content (AvgIpc) is 2.34. The molecule has 2 nitrogen and oxygen atoms in total. The number of thiophene rings is 1. The van der Waals surface area contributed by atoms with Gasteiger partial charge in [-0.05, 0) is 33.6 Å². The van der Waals surface area contributed by atoms with Crippen LogP contribution >= 0.6 is 11.3 Å². The zero-order valence-corrected chi connectivity index (χ0v) is 5.47. The van der Waals surface area contributed by atoms with Gasteiger partial charge < -0.3 is 0 Å². The van der Waals surface area contributed by atoms with Gasteiger partial charge in [0.15, 0.2) is 0 Å². The lowest BCUT2D eigenvalue weighted by Gasteiger charge is -1.74. The first-order valence-electron chi connectivity index (χ1n) is 2.44. The molecule has 0 radical (unpaired) electrons. The maximum atomic E-state index is 9.57. The molecule has 0 atom stereocenters. The highest BCUT2D eigenvalue weighted by Crippen LogP contribution is 2.06. The second-order valence-corrected chi connectivity index (χ2v) is 2.26. The van der Waals surface area contributed by atoms with Gasteiger partial charge in [-0.3, -0.25) is 0 Å². The van der Waals surface area contributed by atoms with Gasteiger partial charge in [0.1, 0.15) is 0 Å². The Kier molecular flexibility index (Phi) is 2.15. The Bertz CT molecular complexity index is 203. The molecule has 0 amide bonds. The summed E-state index contributed by atoms with van der Waals surface area (Å²) in [6.07, 6.45) is 2.91. The van der Waals surface area contributed by atoms with Gasteiger partial charge >= 0.3 is 0 Å². The Morgan fingerprint density at radius 3 is 3.11 bits per heavy atom. The van der Waals surface area contributed by atoms with E-state index in [1.807, 2.05) is 16.8 Å². The van der Waals surface area contributed by atoms with E-state index in [0.29, 0.717) is 0 Å². The number of nitrogens with zero attached hydrogens (tertiary/aromatic N) is 1. The SMILES string of the molecule is O=N/C=C/c1ccsc1. The zero-order valence-electron chi connectivity index (χ0n) is 4.65. The lowest BCUT2D eigenvalue weighted by atomic mass is 10.3. The molecule has 0 unspecified atom stereocenters. The number of nitroso groups, excluding NO2 is 1. The predicted octanol–water partition coefficient (Wildman–Crippen LogP) is 2.49. The highest BCUT2D eigenvalue weighted by atomic mass is 32.1. The van der Waals surface area contributed by atoms with E-state index >= 15 is 0 Å². The summed E-state index contributed by atoms with van der Waals surface area (Å²) in [5, 5.41) is 6.48. The second kappa shape index (κ2) is 3.14. The van der Waals surface area contributed by atoms with Crippen LogP contribution in [-0.2, 0) is 0 Å². The summed E-state index contributed by atoms with van der Waals surface area (Å²) in [5.41, 5.74) is 1.03. The van der Waals surface area contributed by atoms with E-state index < -0.39 is 0 Å². The molecule has 0 saturated carbocycles. The summed E-state index contributed by atoms with van der Waals surface area (Å²) in [5.74, 6) is 0. The average molecular weight is 139 g/mol. The summed E-state index contributed by atoms with van der Waals surface area (Å²) in [6, 6.07) is 1.92. The summed E-state index contributed by atoms with van der Waals surface area (Å²) >= 11 is 1.60. The molecule has 0 fully saturated rings. The third-order valence-corrected chi connectivity index (χ3v) is 1.57. The molecular weight excluding hydrogens is 134 g/mol. The lowest BCUT2D eigenvalue weighted by Crippen LogP contribution is -1.54. The molecule has 0 N–H and O–H groups in total. The van der Waals surface area contributed by atoms with Crippen LogP contribution in [0.25, 0.3) is 6.08 Å². The zero-order chi connectivity index (χ0) is 6.53. The minimum Gasteiger partial charge on any atom is -0.152 e. The van der Waals surface area contributed by atoms with Gasteiger partial charge in [0.05, 0.1) is 6.20 Å². The largest absolute Gasteiger partial charge is 0.152 e. The maximum Gasteiger partial charge on any atom is 0.0721 e. The van der Waals surface area contributed by atoms with Crippen molar-refractivity contribution < 1.29 is 0 Å². The molecule has 1 aromatic rings. The van der Waals surface area contributed by atoms with Crippen LogP contribution in [-0.4, -0.2) is 0 Å². The van der Waals surface area contributed by atoms with Crippen LogP contribution in [0.3, 0.4) is 0 Å². The van der Waals surface area contributed by atoms with E-state index in [1.165, 1.54) is 6.20 Å². The van der Waals surface area contributed by atoms with Crippen molar-refractivity contribution >= 4 is 17.4 Å². The van der Waals surface area contributed by atoms with Crippen molar-refractivity contribution in [2.24, 2.45) is 5.18 Å². The maximum absolute atomic E-state index is 9.57. The van der Waals surface area contributed by atoms with Crippen molar-refractivity contribution in [3.8, 4) is 0 Å². The van der Waals surface area contributed by atoms with Crippen LogP contribution in [0.4, 0.5) is 0 Å². The third kappa shape index (κ3) is 1.77. The molecular formula is C6H5NOS. The summed E-state index contributed by atoms with van der Waals surface area (Å²) in [7, 11) is 0. The van der Waals surface area contributed by atoms with Crippen LogP contribution in [0.1, 0.15) is 5.56 Å². The minimum absolute atomic E-state index is 1.03. The van der Waals surface area contributed by atoms with Crippen LogP contribution < -0.4 is 0 Å². The summed E-state index contributed by atoms with van der Waals surface area (Å²) in [6.45, 7) is 0. The van der Waals surface area contributed by atoms with Gasteiger partial charge in [-0.25, -0.2) is 0 Å². The van der Waals surface area contributed by atoms with E-state index in [0.717, 1.165) is 5.56 Å². The predicted molar refractivity (Wildman–Crippen MR) is 39.1 cm³/mol. The fourth-order valence-corrected chi connectivity index (χ4v) is 1.11. The van der Waals surface area contributed by atoms with Crippen molar-refractivity contribution in [1.29, 1.82) is 0 Å². The van der Waals surface area contributed by atoms with Crippen molar-refractivity contribution in [3.05, 3.63) is 33.5 Å². The van der Waals surface area contributed by atoms with Gasteiger partial charge in [0, 0.05) is 0 Å². The topological polar surface area (TPSA) is 29.4 Å². The standard InChI is InChI=1S/C6H5NOS/c8-7-3-1-6-2-4-9-5-6/h1-5H/b3-1+. The lowest BCUT2D eigenvalue weighted by molar-refractivity contribution is 1.56. The first-order chi connectivity index (χ1) is 4.43. The van der Waals surface area contributed by atoms with Gasteiger partial charge in [-0.1, -0.05) is 0 Å². The highest BCUT2D eigenvalue weighted by molar-refractivity contribution is 7.08. The number of rotatable bonds is 2. The van der Waals surface area contributed by atoms with Crippen LogP contribution in [0.2, 0.25) is 0 Å². The quantitative estimate of drug-likeness (QED) is 0.579. The Hall–Kier alpha value is -0.960. The third-order valence-electron chi connectivity index (χ3n) is 0.871. The van der Waals surface area contributed by atoms with Gasteiger partial charge in [-0.2, -0.15) is 11.3 Å². The fourth-order valence-electron chi connectivity index (χ4n) is 0.486. The van der Waals surface area contributed by atoms with Crippen LogP contribution in [0, 0.1) is 4.91 Å². The molecule has 9 heavy (non-hydrogen) atoms. The molecule has 3 heteroatoms. The van der Waals surface area contributed by atoms with E-state index in [9.17, 15) is 4.91 Å². The molecule has 1 heterocycles.